The van der Waals surface area contributed by atoms with E-state index in [1.54, 1.807) is 38.1 Å². The van der Waals surface area contributed by atoms with Gasteiger partial charge >= 0.3 is 10.3 Å². The van der Waals surface area contributed by atoms with Gasteiger partial charge in [-0.3, -0.25) is 0 Å². The molecule has 1 heterocycles. The molecule has 0 N–H and O–H groups in total. The van der Waals surface area contributed by atoms with Gasteiger partial charge in [-0.1, -0.05) is 19.9 Å². The number of fused-ring (bicyclic) bond motifs is 1. The topological polar surface area (TPSA) is 65.1 Å². The molecule has 1 unspecified atom stereocenters. The van der Waals surface area contributed by atoms with Crippen LogP contribution in [0.5, 0.6) is 11.5 Å². The molecule has 0 aromatic heterocycles. The van der Waals surface area contributed by atoms with E-state index in [9.17, 15) is 8.42 Å². The zero-order chi connectivity index (χ0) is 18.0. The van der Waals surface area contributed by atoms with Crippen molar-refractivity contribution in [3.05, 3.63) is 36.4 Å². The highest BCUT2D eigenvalue weighted by Crippen LogP contribution is 2.44. The molecule has 0 fully saturated rings. The summed E-state index contributed by atoms with van der Waals surface area (Å²) in [5, 5.41) is 0. The van der Waals surface area contributed by atoms with Crippen LogP contribution in [0.3, 0.4) is 0 Å². The zero-order valence-corrected chi connectivity index (χ0v) is 15.4. The molecule has 0 amide bonds. The lowest BCUT2D eigenvalue weighted by Crippen LogP contribution is -2.35. The highest BCUT2D eigenvalue weighted by Gasteiger charge is 2.43. The Balaban J connectivity index is 2.26. The molecule has 6 nitrogen and oxygen atoms in total. The number of benzene rings is 1. The van der Waals surface area contributed by atoms with E-state index in [-0.39, 0.29) is 5.75 Å². The highest BCUT2D eigenvalue weighted by atomic mass is 32.2. The summed E-state index contributed by atoms with van der Waals surface area (Å²) in [4.78, 5) is 0. The van der Waals surface area contributed by atoms with E-state index in [4.69, 9.17) is 13.7 Å². The van der Waals surface area contributed by atoms with Gasteiger partial charge in [0, 0.05) is 18.7 Å². The molecule has 1 aliphatic heterocycles. The van der Waals surface area contributed by atoms with Crippen LogP contribution in [0.4, 0.5) is 0 Å². The van der Waals surface area contributed by atoms with Crippen LogP contribution in [0, 0.1) is 0 Å². The highest BCUT2D eigenvalue weighted by molar-refractivity contribution is 7.84. The quantitative estimate of drug-likeness (QED) is 0.671. The summed E-state index contributed by atoms with van der Waals surface area (Å²) in [6.45, 7) is 12.2. The molecule has 24 heavy (non-hydrogen) atoms. The Hall–Kier alpha value is -1.57. The SMILES string of the molecule is C=CCOC1Oc2ccc(OS(=O)(=O)N(CC)CC)cc2C1(C)C. The molecule has 1 aromatic carbocycles. The van der Waals surface area contributed by atoms with E-state index >= 15 is 0 Å². The van der Waals surface area contributed by atoms with Gasteiger partial charge in [-0.05, 0) is 32.0 Å². The maximum Gasteiger partial charge on any atom is 0.385 e. The van der Waals surface area contributed by atoms with Gasteiger partial charge < -0.3 is 13.7 Å². The summed E-state index contributed by atoms with van der Waals surface area (Å²) in [6.07, 6.45) is 1.20. The molecule has 1 atom stereocenters. The fraction of sp³-hybridized carbons (Fsp3) is 0.529. The average Bonchev–Trinajstić information content (AvgIpc) is 2.76. The summed E-state index contributed by atoms with van der Waals surface area (Å²) in [6, 6.07) is 5.00. The molecule has 0 aliphatic carbocycles. The van der Waals surface area contributed by atoms with Gasteiger partial charge in [0.1, 0.15) is 11.5 Å². The van der Waals surface area contributed by atoms with Crippen molar-refractivity contribution in [3.63, 3.8) is 0 Å². The Bertz CT molecular complexity index is 695. The van der Waals surface area contributed by atoms with Crippen LogP contribution in [0.2, 0.25) is 0 Å². The van der Waals surface area contributed by atoms with Crippen LogP contribution in [-0.4, -0.2) is 38.7 Å². The Labute approximate surface area is 144 Å². The summed E-state index contributed by atoms with van der Waals surface area (Å²) >= 11 is 0. The van der Waals surface area contributed by atoms with Crippen molar-refractivity contribution >= 4 is 10.3 Å². The average molecular weight is 355 g/mol. The number of ether oxygens (including phenoxy) is 2. The number of hydrogen-bond acceptors (Lipinski definition) is 5. The third-order valence-electron chi connectivity index (χ3n) is 4.06. The van der Waals surface area contributed by atoms with Gasteiger partial charge in [0.05, 0.1) is 12.0 Å². The summed E-state index contributed by atoms with van der Waals surface area (Å²) < 4.78 is 42.5. The van der Waals surface area contributed by atoms with Crippen LogP contribution in [-0.2, 0) is 20.5 Å². The fourth-order valence-corrected chi connectivity index (χ4v) is 3.75. The summed E-state index contributed by atoms with van der Waals surface area (Å²) in [5.74, 6) is 0.934. The number of hydrogen-bond donors (Lipinski definition) is 0. The first kappa shape index (κ1) is 18.8. The minimum absolute atomic E-state index is 0.265. The second kappa shape index (κ2) is 7.13. The van der Waals surface area contributed by atoms with Crippen molar-refractivity contribution in [1.82, 2.24) is 4.31 Å². The number of rotatable bonds is 8. The first-order valence-electron chi connectivity index (χ1n) is 7.99. The second-order valence-corrected chi connectivity index (χ2v) is 7.62. The van der Waals surface area contributed by atoms with Gasteiger partial charge in [-0.15, -0.1) is 6.58 Å². The van der Waals surface area contributed by atoms with Gasteiger partial charge in [0.15, 0.2) is 0 Å². The molecule has 0 saturated carbocycles. The normalized spacial score (nSPS) is 19.0. The van der Waals surface area contributed by atoms with Crippen LogP contribution < -0.4 is 8.92 Å². The molecular formula is C17H25NO5S. The van der Waals surface area contributed by atoms with E-state index in [1.165, 1.54) is 4.31 Å². The van der Waals surface area contributed by atoms with Gasteiger partial charge in [-0.2, -0.15) is 12.7 Å². The predicted molar refractivity (Wildman–Crippen MR) is 92.5 cm³/mol. The lowest BCUT2D eigenvalue weighted by molar-refractivity contribution is -0.0925. The summed E-state index contributed by atoms with van der Waals surface area (Å²) in [7, 11) is -3.81. The molecule has 134 valence electrons. The second-order valence-electron chi connectivity index (χ2n) is 6.08. The van der Waals surface area contributed by atoms with E-state index in [0.717, 1.165) is 5.56 Å². The minimum Gasteiger partial charge on any atom is -0.464 e. The van der Waals surface area contributed by atoms with Crippen molar-refractivity contribution in [2.75, 3.05) is 19.7 Å². The van der Waals surface area contributed by atoms with E-state index in [2.05, 4.69) is 6.58 Å². The molecule has 1 aromatic rings. The fourth-order valence-electron chi connectivity index (χ4n) is 2.67. The standard InChI is InChI=1S/C17H25NO5S/c1-6-11-21-16-17(4,5)14-12-13(9-10-15(14)22-16)23-24(19,20)18(7-2)8-3/h6,9-10,12,16H,1,7-8,11H2,2-5H3. The molecule has 0 spiro atoms. The Morgan fingerprint density at radius 2 is 2.00 bits per heavy atom. The Morgan fingerprint density at radius 3 is 2.58 bits per heavy atom. The van der Waals surface area contributed by atoms with Crippen molar-refractivity contribution in [3.8, 4) is 11.5 Å². The predicted octanol–water partition coefficient (Wildman–Crippen LogP) is 2.85. The maximum absolute atomic E-state index is 12.3. The van der Waals surface area contributed by atoms with E-state index < -0.39 is 22.0 Å². The van der Waals surface area contributed by atoms with Crippen molar-refractivity contribution in [2.45, 2.75) is 39.4 Å². The van der Waals surface area contributed by atoms with Gasteiger partial charge in [0.2, 0.25) is 6.29 Å². The Kier molecular flexibility index (Phi) is 5.57. The summed E-state index contributed by atoms with van der Waals surface area (Å²) in [5.41, 5.74) is 0.417. The van der Waals surface area contributed by atoms with Crippen LogP contribution in [0.15, 0.2) is 30.9 Å². The van der Waals surface area contributed by atoms with Gasteiger partial charge in [-0.25, -0.2) is 0 Å². The lowest BCUT2D eigenvalue weighted by atomic mass is 9.85. The Morgan fingerprint density at radius 1 is 1.33 bits per heavy atom. The van der Waals surface area contributed by atoms with Crippen LogP contribution in [0.25, 0.3) is 0 Å². The molecule has 1 aliphatic rings. The molecule has 0 bridgehead atoms. The largest absolute Gasteiger partial charge is 0.464 e. The maximum atomic E-state index is 12.3. The van der Waals surface area contributed by atoms with Crippen molar-refractivity contribution in [1.29, 1.82) is 0 Å². The smallest absolute Gasteiger partial charge is 0.385 e. The lowest BCUT2D eigenvalue weighted by Gasteiger charge is -2.25. The van der Waals surface area contributed by atoms with Crippen molar-refractivity contribution < 1.29 is 22.1 Å². The van der Waals surface area contributed by atoms with E-state index in [0.29, 0.717) is 25.4 Å². The molecule has 2 rings (SSSR count). The molecule has 0 saturated heterocycles. The number of nitrogens with zero attached hydrogens (tertiary/aromatic N) is 1. The van der Waals surface area contributed by atoms with Crippen LogP contribution in [0.1, 0.15) is 33.3 Å². The first-order chi connectivity index (χ1) is 11.3. The third-order valence-corrected chi connectivity index (χ3v) is 5.61. The molecule has 7 heteroatoms. The minimum atomic E-state index is -3.81. The third kappa shape index (κ3) is 3.58. The van der Waals surface area contributed by atoms with Gasteiger partial charge in [0.25, 0.3) is 0 Å². The van der Waals surface area contributed by atoms with Crippen molar-refractivity contribution in [2.24, 2.45) is 0 Å². The zero-order valence-electron chi connectivity index (χ0n) is 14.6. The molecular weight excluding hydrogens is 330 g/mol. The molecule has 0 radical (unpaired) electrons. The monoisotopic (exact) mass is 355 g/mol. The van der Waals surface area contributed by atoms with Crippen LogP contribution >= 0.6 is 0 Å². The van der Waals surface area contributed by atoms with E-state index in [1.807, 2.05) is 13.8 Å². The first-order valence-corrected chi connectivity index (χ1v) is 9.36.